The van der Waals surface area contributed by atoms with Crippen molar-refractivity contribution in [2.45, 2.75) is 18.7 Å². The second-order valence-corrected chi connectivity index (χ2v) is 8.15. The maximum atomic E-state index is 12.5. The molecule has 0 saturated carbocycles. The number of carbonyl (C=O) groups excluding carboxylic acids is 1. The average Bonchev–Trinajstić information content (AvgIpc) is 2.75. The van der Waals surface area contributed by atoms with E-state index in [0.29, 0.717) is 43.4 Å². The fraction of sp³-hybridized carbons (Fsp3) is 0.333. The summed E-state index contributed by atoms with van der Waals surface area (Å²) >= 11 is 0. The summed E-state index contributed by atoms with van der Waals surface area (Å²) in [7, 11) is -1.91. The maximum Gasteiger partial charge on any atom is 0.248 e. The van der Waals surface area contributed by atoms with Gasteiger partial charge in [0.05, 0.1) is 23.4 Å². The Balaban J connectivity index is 1.95. The molecule has 0 aliphatic carbocycles. The van der Waals surface area contributed by atoms with Crippen molar-refractivity contribution < 1.29 is 22.7 Å². The van der Waals surface area contributed by atoms with Crippen LogP contribution in [0.2, 0.25) is 0 Å². The minimum atomic E-state index is -3.50. The number of sulfonamides is 1. The van der Waals surface area contributed by atoms with Gasteiger partial charge < -0.3 is 14.8 Å². The summed E-state index contributed by atoms with van der Waals surface area (Å²) < 4.78 is 36.7. The molecule has 1 amide bonds. The number of aromatic nitrogens is 1. The number of amides is 1. The van der Waals surface area contributed by atoms with Gasteiger partial charge >= 0.3 is 0 Å². The van der Waals surface area contributed by atoms with Crippen LogP contribution in [0.1, 0.15) is 19.4 Å². The molecule has 0 unspecified atom stereocenters. The predicted octanol–water partition coefficient (Wildman–Crippen LogP) is 2.79. The van der Waals surface area contributed by atoms with Gasteiger partial charge in [-0.3, -0.25) is 4.79 Å². The molecule has 0 saturated heterocycles. The van der Waals surface area contributed by atoms with E-state index in [2.05, 4.69) is 10.3 Å². The number of methoxy groups -OCH3 is 1. The summed E-state index contributed by atoms with van der Waals surface area (Å²) in [5.41, 5.74) is 1.24. The van der Waals surface area contributed by atoms with Gasteiger partial charge in [-0.05, 0) is 29.8 Å². The van der Waals surface area contributed by atoms with E-state index in [0.717, 1.165) is 0 Å². The molecule has 30 heavy (non-hydrogen) atoms. The highest BCUT2D eigenvalue weighted by Crippen LogP contribution is 2.17. The van der Waals surface area contributed by atoms with E-state index in [1.165, 1.54) is 28.7 Å². The molecule has 9 heteroatoms. The molecule has 0 atom stereocenters. The number of hydrogen-bond donors (Lipinski definition) is 1. The summed E-state index contributed by atoms with van der Waals surface area (Å²) in [5.74, 6) is 0.116. The third-order valence-electron chi connectivity index (χ3n) is 4.19. The molecule has 2 aromatic rings. The largest absolute Gasteiger partial charge is 0.475 e. The lowest BCUT2D eigenvalue weighted by molar-refractivity contribution is -0.111. The number of rotatable bonds is 11. The van der Waals surface area contributed by atoms with Gasteiger partial charge in [0.1, 0.15) is 6.61 Å². The Morgan fingerprint density at radius 2 is 1.80 bits per heavy atom. The zero-order chi connectivity index (χ0) is 22.0. The van der Waals surface area contributed by atoms with Crippen molar-refractivity contribution in [3.05, 3.63) is 54.2 Å². The van der Waals surface area contributed by atoms with Gasteiger partial charge in [-0.1, -0.05) is 26.0 Å². The third-order valence-corrected chi connectivity index (χ3v) is 6.26. The molecule has 1 N–H and O–H groups in total. The van der Waals surface area contributed by atoms with Crippen LogP contribution in [0.4, 0.5) is 5.69 Å². The molecule has 0 bridgehead atoms. The lowest BCUT2D eigenvalue weighted by Crippen LogP contribution is -2.30. The van der Waals surface area contributed by atoms with Crippen LogP contribution in [0.15, 0.2) is 53.6 Å². The molecular weight excluding hydrogens is 406 g/mol. The Bertz CT molecular complexity index is 938. The van der Waals surface area contributed by atoms with Gasteiger partial charge in [0.25, 0.3) is 0 Å². The smallest absolute Gasteiger partial charge is 0.248 e. The van der Waals surface area contributed by atoms with Crippen LogP contribution in [-0.2, 0) is 19.6 Å². The van der Waals surface area contributed by atoms with Crippen LogP contribution in [0.25, 0.3) is 6.08 Å². The Hall–Kier alpha value is -2.75. The van der Waals surface area contributed by atoms with Crippen LogP contribution in [0.5, 0.6) is 5.88 Å². The van der Waals surface area contributed by atoms with E-state index in [1.807, 2.05) is 0 Å². The molecule has 0 aliphatic heterocycles. The molecule has 8 nitrogen and oxygen atoms in total. The number of pyridine rings is 1. The highest BCUT2D eigenvalue weighted by atomic mass is 32.2. The monoisotopic (exact) mass is 433 g/mol. The quantitative estimate of drug-likeness (QED) is 0.432. The van der Waals surface area contributed by atoms with E-state index in [-0.39, 0.29) is 10.8 Å². The highest BCUT2D eigenvalue weighted by Gasteiger charge is 2.20. The first-order valence-electron chi connectivity index (χ1n) is 9.57. The zero-order valence-electron chi connectivity index (χ0n) is 17.4. The van der Waals surface area contributed by atoms with E-state index in [1.54, 1.807) is 51.3 Å². The van der Waals surface area contributed by atoms with Crippen molar-refractivity contribution in [2.24, 2.45) is 0 Å². The second-order valence-electron chi connectivity index (χ2n) is 6.21. The van der Waals surface area contributed by atoms with Crippen LogP contribution < -0.4 is 10.1 Å². The first kappa shape index (κ1) is 23.5. The van der Waals surface area contributed by atoms with Gasteiger partial charge in [0, 0.05) is 32.3 Å². The number of carbonyl (C=O) groups is 1. The van der Waals surface area contributed by atoms with Crippen molar-refractivity contribution in [3.63, 3.8) is 0 Å². The first-order chi connectivity index (χ1) is 14.4. The number of anilines is 1. The zero-order valence-corrected chi connectivity index (χ0v) is 18.2. The maximum absolute atomic E-state index is 12.5. The van der Waals surface area contributed by atoms with E-state index in [9.17, 15) is 13.2 Å². The normalized spacial score (nSPS) is 11.7. The van der Waals surface area contributed by atoms with Crippen molar-refractivity contribution in [3.8, 4) is 5.88 Å². The summed E-state index contributed by atoms with van der Waals surface area (Å²) in [6.45, 7) is 5.29. The minimum Gasteiger partial charge on any atom is -0.475 e. The molecule has 1 heterocycles. The van der Waals surface area contributed by atoms with Crippen molar-refractivity contribution in [1.82, 2.24) is 9.29 Å². The Morgan fingerprint density at radius 3 is 2.37 bits per heavy atom. The van der Waals surface area contributed by atoms with Crippen molar-refractivity contribution in [2.75, 3.05) is 38.7 Å². The number of benzene rings is 1. The fourth-order valence-corrected chi connectivity index (χ4v) is 4.05. The van der Waals surface area contributed by atoms with Gasteiger partial charge in [-0.15, -0.1) is 0 Å². The van der Waals surface area contributed by atoms with Crippen LogP contribution >= 0.6 is 0 Å². The number of nitrogens with one attached hydrogen (secondary N) is 1. The lowest BCUT2D eigenvalue weighted by Gasteiger charge is -2.18. The topological polar surface area (TPSA) is 97.8 Å². The Kier molecular flexibility index (Phi) is 8.97. The number of hydrogen-bond acceptors (Lipinski definition) is 6. The van der Waals surface area contributed by atoms with Crippen LogP contribution in [0, 0.1) is 0 Å². The molecule has 0 fully saturated rings. The van der Waals surface area contributed by atoms with E-state index in [4.69, 9.17) is 9.47 Å². The predicted molar refractivity (Wildman–Crippen MR) is 116 cm³/mol. The summed E-state index contributed by atoms with van der Waals surface area (Å²) in [6.07, 6.45) is 4.48. The minimum absolute atomic E-state index is 0.228. The molecule has 1 aromatic heterocycles. The SMILES string of the molecule is CCN(CC)S(=O)(=O)c1ccc(/C=C/C(=O)Nc2ccc(OCCOC)nc2)cc1. The molecule has 0 radical (unpaired) electrons. The Labute approximate surface area is 177 Å². The lowest BCUT2D eigenvalue weighted by atomic mass is 10.2. The molecular formula is C21H27N3O5S. The standard InChI is InChI=1S/C21H27N3O5S/c1-4-24(5-2)30(26,27)19-10-6-17(7-11-19)8-12-20(25)23-18-9-13-21(22-16-18)29-15-14-28-3/h6-13,16H,4-5,14-15H2,1-3H3,(H,23,25)/b12-8+. The summed E-state index contributed by atoms with van der Waals surface area (Å²) in [4.78, 5) is 16.4. The van der Waals surface area contributed by atoms with Gasteiger partial charge in [-0.25, -0.2) is 13.4 Å². The molecule has 0 aliphatic rings. The first-order valence-corrected chi connectivity index (χ1v) is 11.0. The summed E-state index contributed by atoms with van der Waals surface area (Å²) in [5, 5.41) is 2.70. The van der Waals surface area contributed by atoms with E-state index >= 15 is 0 Å². The molecule has 162 valence electrons. The molecule has 1 aromatic carbocycles. The van der Waals surface area contributed by atoms with Crippen LogP contribution in [0.3, 0.4) is 0 Å². The second kappa shape index (κ2) is 11.4. The van der Waals surface area contributed by atoms with Crippen molar-refractivity contribution in [1.29, 1.82) is 0 Å². The van der Waals surface area contributed by atoms with Gasteiger partial charge in [-0.2, -0.15) is 4.31 Å². The fourth-order valence-electron chi connectivity index (χ4n) is 2.59. The molecule has 2 rings (SSSR count). The van der Waals surface area contributed by atoms with Gasteiger partial charge in [0.2, 0.25) is 21.8 Å². The van der Waals surface area contributed by atoms with Crippen LogP contribution in [-0.4, -0.2) is 57.0 Å². The molecule has 0 spiro atoms. The van der Waals surface area contributed by atoms with Crippen molar-refractivity contribution >= 4 is 27.7 Å². The Morgan fingerprint density at radius 1 is 1.10 bits per heavy atom. The highest BCUT2D eigenvalue weighted by molar-refractivity contribution is 7.89. The average molecular weight is 434 g/mol. The number of ether oxygens (including phenoxy) is 2. The third kappa shape index (κ3) is 6.65. The van der Waals surface area contributed by atoms with Gasteiger partial charge in [0.15, 0.2) is 0 Å². The van der Waals surface area contributed by atoms with E-state index < -0.39 is 10.0 Å². The number of nitrogens with zero attached hydrogens (tertiary/aromatic N) is 2. The summed E-state index contributed by atoms with van der Waals surface area (Å²) in [6, 6.07) is 9.74.